The van der Waals surface area contributed by atoms with Crippen molar-refractivity contribution in [2.75, 3.05) is 24.3 Å². The number of fused-ring (bicyclic) bond motifs is 1. The van der Waals surface area contributed by atoms with E-state index in [9.17, 15) is 4.79 Å². The van der Waals surface area contributed by atoms with Crippen LogP contribution in [0.3, 0.4) is 0 Å². The Morgan fingerprint density at radius 3 is 2.57 bits per heavy atom. The quantitative estimate of drug-likeness (QED) is 0.534. The third-order valence-electron chi connectivity index (χ3n) is 4.41. The molecular formula is C22H20N4O2. The Morgan fingerprint density at radius 1 is 1.04 bits per heavy atom. The van der Waals surface area contributed by atoms with Crippen molar-refractivity contribution in [2.24, 2.45) is 0 Å². The van der Waals surface area contributed by atoms with Gasteiger partial charge in [-0.3, -0.25) is 4.79 Å². The molecule has 2 aromatic heterocycles. The largest absolute Gasteiger partial charge is 0.438 e. The maximum atomic E-state index is 12.4. The minimum Gasteiger partial charge on any atom is -0.438 e. The number of rotatable bonds is 5. The summed E-state index contributed by atoms with van der Waals surface area (Å²) in [4.78, 5) is 21.8. The normalized spacial score (nSPS) is 10.6. The van der Waals surface area contributed by atoms with Crippen LogP contribution >= 0.6 is 0 Å². The van der Waals surface area contributed by atoms with Crippen molar-refractivity contribution < 1.29 is 9.53 Å². The summed E-state index contributed by atoms with van der Waals surface area (Å²) in [6.07, 6.45) is 3.45. The third kappa shape index (κ3) is 3.66. The summed E-state index contributed by atoms with van der Waals surface area (Å²) in [6, 6.07) is 18.7. The lowest BCUT2D eigenvalue weighted by Crippen LogP contribution is -2.13. The molecule has 6 nitrogen and oxygen atoms in total. The molecule has 4 aromatic rings. The molecule has 140 valence electrons. The van der Waals surface area contributed by atoms with Crippen LogP contribution in [0.15, 0.2) is 73.1 Å². The summed E-state index contributed by atoms with van der Waals surface area (Å²) in [7, 11) is 3.92. The number of H-pyrrole nitrogens is 1. The van der Waals surface area contributed by atoms with E-state index < -0.39 is 0 Å². The molecule has 0 saturated carbocycles. The molecule has 0 saturated heterocycles. The van der Waals surface area contributed by atoms with Gasteiger partial charge in [0.15, 0.2) is 0 Å². The zero-order valence-electron chi connectivity index (χ0n) is 15.6. The summed E-state index contributed by atoms with van der Waals surface area (Å²) in [5.41, 5.74) is 3.23. The van der Waals surface area contributed by atoms with Gasteiger partial charge in [0.25, 0.3) is 5.91 Å². The van der Waals surface area contributed by atoms with Gasteiger partial charge in [-0.25, -0.2) is 4.98 Å². The van der Waals surface area contributed by atoms with E-state index >= 15 is 0 Å². The molecule has 4 rings (SSSR count). The maximum absolute atomic E-state index is 12.4. The van der Waals surface area contributed by atoms with Gasteiger partial charge in [-0.05, 0) is 48.5 Å². The molecule has 0 aliphatic rings. The number of ether oxygens (including phenoxy) is 1. The van der Waals surface area contributed by atoms with Gasteiger partial charge in [0.05, 0.1) is 11.9 Å². The molecule has 1 amide bonds. The van der Waals surface area contributed by atoms with Gasteiger partial charge in [0, 0.05) is 48.5 Å². The van der Waals surface area contributed by atoms with Gasteiger partial charge >= 0.3 is 0 Å². The number of aromatic amines is 1. The molecule has 0 unspecified atom stereocenters. The van der Waals surface area contributed by atoms with Crippen LogP contribution in [-0.2, 0) is 0 Å². The smallest absolute Gasteiger partial charge is 0.255 e. The number of aromatic nitrogens is 2. The zero-order chi connectivity index (χ0) is 19.5. The number of benzene rings is 2. The van der Waals surface area contributed by atoms with E-state index in [1.54, 1.807) is 30.5 Å². The molecule has 2 heterocycles. The Labute approximate surface area is 162 Å². The van der Waals surface area contributed by atoms with E-state index in [0.717, 1.165) is 22.3 Å². The minimum atomic E-state index is -0.183. The second kappa shape index (κ2) is 7.44. The molecule has 6 heteroatoms. The predicted molar refractivity (Wildman–Crippen MR) is 111 cm³/mol. The van der Waals surface area contributed by atoms with Crippen molar-refractivity contribution in [1.82, 2.24) is 9.97 Å². The van der Waals surface area contributed by atoms with Crippen LogP contribution in [0.25, 0.3) is 10.9 Å². The van der Waals surface area contributed by atoms with Gasteiger partial charge in [0.2, 0.25) is 5.88 Å². The number of amides is 1. The molecule has 28 heavy (non-hydrogen) atoms. The molecule has 0 radical (unpaired) electrons. The summed E-state index contributed by atoms with van der Waals surface area (Å²) in [5, 5.41) is 3.84. The van der Waals surface area contributed by atoms with Crippen LogP contribution in [0.1, 0.15) is 10.4 Å². The number of carbonyl (C=O) groups excluding carboxylic acids is 1. The monoisotopic (exact) mass is 372 g/mol. The first-order valence-corrected chi connectivity index (χ1v) is 8.89. The number of carbonyl (C=O) groups is 1. The van der Waals surface area contributed by atoms with Crippen LogP contribution in [0, 0.1) is 0 Å². The number of hydrogen-bond acceptors (Lipinski definition) is 4. The summed E-state index contributed by atoms with van der Waals surface area (Å²) >= 11 is 0. The maximum Gasteiger partial charge on any atom is 0.255 e. The van der Waals surface area contributed by atoms with Gasteiger partial charge in [-0.15, -0.1) is 0 Å². The average Bonchev–Trinajstić information content (AvgIpc) is 3.19. The third-order valence-corrected chi connectivity index (χ3v) is 4.41. The van der Waals surface area contributed by atoms with Crippen molar-refractivity contribution in [2.45, 2.75) is 0 Å². The fourth-order valence-corrected chi connectivity index (χ4v) is 2.89. The number of hydrogen-bond donors (Lipinski definition) is 2. The number of anilines is 2. The lowest BCUT2D eigenvalue weighted by atomic mass is 10.2. The Kier molecular flexibility index (Phi) is 4.68. The van der Waals surface area contributed by atoms with Crippen LogP contribution in [0.4, 0.5) is 11.4 Å². The van der Waals surface area contributed by atoms with Crippen molar-refractivity contribution in [1.29, 1.82) is 0 Å². The lowest BCUT2D eigenvalue weighted by molar-refractivity contribution is 0.102. The van der Waals surface area contributed by atoms with Crippen molar-refractivity contribution in [3.05, 3.63) is 78.6 Å². The molecule has 0 aliphatic heterocycles. The highest BCUT2D eigenvalue weighted by atomic mass is 16.5. The van der Waals surface area contributed by atoms with Gasteiger partial charge in [0.1, 0.15) is 5.75 Å². The van der Waals surface area contributed by atoms with E-state index in [1.807, 2.05) is 61.6 Å². The van der Waals surface area contributed by atoms with Crippen molar-refractivity contribution in [3.8, 4) is 11.6 Å². The number of nitrogens with one attached hydrogen (secondary N) is 2. The Morgan fingerprint density at radius 2 is 1.86 bits per heavy atom. The van der Waals surface area contributed by atoms with Crippen molar-refractivity contribution in [3.63, 3.8) is 0 Å². The van der Waals surface area contributed by atoms with Gasteiger partial charge in [-0.1, -0.05) is 6.07 Å². The summed E-state index contributed by atoms with van der Waals surface area (Å²) in [5.74, 6) is 1.00. The summed E-state index contributed by atoms with van der Waals surface area (Å²) < 4.78 is 5.88. The first-order chi connectivity index (χ1) is 13.6. The average molecular weight is 372 g/mol. The first kappa shape index (κ1) is 17.6. The highest BCUT2D eigenvalue weighted by Gasteiger charge is 2.08. The Hall–Kier alpha value is -3.80. The van der Waals surface area contributed by atoms with Gasteiger partial charge in [-0.2, -0.15) is 0 Å². The summed E-state index contributed by atoms with van der Waals surface area (Å²) in [6.45, 7) is 0. The highest BCUT2D eigenvalue weighted by Crippen LogP contribution is 2.28. The topological polar surface area (TPSA) is 70.2 Å². The fraction of sp³-hybridized carbons (Fsp3) is 0.0909. The molecule has 2 N–H and O–H groups in total. The fourth-order valence-electron chi connectivity index (χ4n) is 2.89. The van der Waals surface area contributed by atoms with E-state index in [1.165, 1.54) is 0 Å². The second-order valence-corrected chi connectivity index (χ2v) is 6.58. The molecule has 0 aliphatic carbocycles. The van der Waals surface area contributed by atoms with Gasteiger partial charge < -0.3 is 19.9 Å². The van der Waals surface area contributed by atoms with Crippen LogP contribution in [0.2, 0.25) is 0 Å². The molecule has 0 fully saturated rings. The Balaban J connectivity index is 1.44. The van der Waals surface area contributed by atoms with Crippen LogP contribution in [-0.4, -0.2) is 30.0 Å². The van der Waals surface area contributed by atoms with E-state index in [4.69, 9.17) is 4.74 Å². The Bertz CT molecular complexity index is 1100. The molecule has 0 atom stereocenters. The van der Waals surface area contributed by atoms with Crippen molar-refractivity contribution >= 4 is 28.2 Å². The SMILES string of the molecule is CN(C)c1ccc(C(=O)Nc2ccc(Oc3cccc4[nH]ccc34)nc2)cc1. The highest BCUT2D eigenvalue weighted by molar-refractivity contribution is 6.04. The van der Waals surface area contributed by atoms with Crippen LogP contribution < -0.4 is 15.0 Å². The molecule has 0 spiro atoms. The number of pyridine rings is 1. The molecular weight excluding hydrogens is 352 g/mol. The second-order valence-electron chi connectivity index (χ2n) is 6.58. The zero-order valence-corrected chi connectivity index (χ0v) is 15.6. The van der Waals surface area contributed by atoms with E-state index in [2.05, 4.69) is 15.3 Å². The predicted octanol–water partition coefficient (Wildman–Crippen LogP) is 4.67. The first-order valence-electron chi connectivity index (χ1n) is 8.89. The lowest BCUT2D eigenvalue weighted by Gasteiger charge is -2.12. The number of nitrogens with zero attached hydrogens (tertiary/aromatic N) is 2. The minimum absolute atomic E-state index is 0.183. The molecule has 2 aromatic carbocycles. The van der Waals surface area contributed by atoms with Crippen LogP contribution in [0.5, 0.6) is 11.6 Å². The standard InChI is InChI=1S/C22H20N4O2/c1-26(2)17-9-6-15(7-10-17)22(27)25-16-8-11-21(24-14-16)28-20-5-3-4-19-18(20)12-13-23-19/h3-14,23H,1-2H3,(H,25,27). The van der Waals surface area contributed by atoms with E-state index in [0.29, 0.717) is 17.1 Å². The van der Waals surface area contributed by atoms with E-state index in [-0.39, 0.29) is 5.91 Å². The molecule has 0 bridgehead atoms.